The lowest BCUT2D eigenvalue weighted by Crippen LogP contribution is -2.23. The summed E-state index contributed by atoms with van der Waals surface area (Å²) in [5.74, 6) is 0.749. The van der Waals surface area contributed by atoms with Crippen molar-refractivity contribution in [2.75, 3.05) is 0 Å². The average molecular weight is 270 g/mol. The predicted molar refractivity (Wildman–Crippen MR) is 73.2 cm³/mol. The van der Waals surface area contributed by atoms with E-state index in [1.807, 2.05) is 4.57 Å². The van der Waals surface area contributed by atoms with E-state index in [4.69, 9.17) is 0 Å². The summed E-state index contributed by atoms with van der Waals surface area (Å²) >= 11 is 0. The van der Waals surface area contributed by atoms with E-state index in [1.165, 1.54) is 10.9 Å². The third-order valence-electron chi connectivity index (χ3n) is 3.07. The van der Waals surface area contributed by atoms with Crippen molar-refractivity contribution in [1.29, 1.82) is 0 Å². The summed E-state index contributed by atoms with van der Waals surface area (Å²) in [7, 11) is 0. The molecule has 3 aromatic heterocycles. The maximum atomic E-state index is 12.3. The van der Waals surface area contributed by atoms with Crippen LogP contribution < -0.4 is 5.56 Å². The van der Waals surface area contributed by atoms with Crippen LogP contribution in [-0.2, 0) is 13.1 Å². The van der Waals surface area contributed by atoms with Crippen LogP contribution in [0, 0.1) is 0 Å². The van der Waals surface area contributed by atoms with E-state index in [0.717, 1.165) is 18.8 Å². The molecule has 0 saturated heterocycles. The van der Waals surface area contributed by atoms with Gasteiger partial charge in [0.2, 0.25) is 0 Å². The fraction of sp³-hybridized carbons (Fsp3) is 0.308. The fourth-order valence-electron chi connectivity index (χ4n) is 2.09. The number of rotatable bonds is 4. The van der Waals surface area contributed by atoms with E-state index in [0.29, 0.717) is 17.6 Å². The van der Waals surface area contributed by atoms with Crippen molar-refractivity contribution in [3.8, 4) is 0 Å². The summed E-state index contributed by atoms with van der Waals surface area (Å²) in [6.07, 6.45) is 5.79. The Morgan fingerprint density at radius 2 is 2.10 bits per heavy atom. The molecular formula is C13H14N6O. The van der Waals surface area contributed by atoms with Crippen molar-refractivity contribution in [1.82, 2.24) is 29.3 Å². The summed E-state index contributed by atoms with van der Waals surface area (Å²) in [6, 6.07) is 3.46. The van der Waals surface area contributed by atoms with Crippen LogP contribution in [-0.4, -0.2) is 29.3 Å². The molecule has 0 amide bonds. The molecule has 20 heavy (non-hydrogen) atoms. The Labute approximate surface area is 114 Å². The van der Waals surface area contributed by atoms with Gasteiger partial charge < -0.3 is 4.57 Å². The van der Waals surface area contributed by atoms with Crippen molar-refractivity contribution in [2.24, 2.45) is 0 Å². The Bertz CT molecular complexity index is 791. The third-order valence-corrected chi connectivity index (χ3v) is 3.07. The molecule has 0 fully saturated rings. The number of hydrogen-bond acceptors (Lipinski definition) is 5. The highest BCUT2D eigenvalue weighted by molar-refractivity contribution is 5.72. The highest BCUT2D eigenvalue weighted by Crippen LogP contribution is 2.03. The van der Waals surface area contributed by atoms with Crippen LogP contribution in [0.25, 0.3) is 11.0 Å². The molecule has 0 aliphatic rings. The molecule has 0 aliphatic carbocycles. The van der Waals surface area contributed by atoms with Crippen LogP contribution in [0.2, 0.25) is 0 Å². The monoisotopic (exact) mass is 270 g/mol. The lowest BCUT2D eigenvalue weighted by molar-refractivity contribution is 0.602. The summed E-state index contributed by atoms with van der Waals surface area (Å²) in [4.78, 5) is 20.6. The van der Waals surface area contributed by atoms with Crippen LogP contribution in [0.1, 0.15) is 19.2 Å². The van der Waals surface area contributed by atoms with E-state index in [1.54, 1.807) is 24.7 Å². The SMILES string of the molecule is CCCn1cnnc1Cn1cnc2ncccc2c1=O. The van der Waals surface area contributed by atoms with Gasteiger partial charge in [0.25, 0.3) is 5.56 Å². The average Bonchev–Trinajstić information content (AvgIpc) is 2.90. The Kier molecular flexibility index (Phi) is 3.24. The van der Waals surface area contributed by atoms with Crippen molar-refractivity contribution < 1.29 is 0 Å². The summed E-state index contributed by atoms with van der Waals surface area (Å²) in [5.41, 5.74) is 0.345. The maximum Gasteiger partial charge on any atom is 0.263 e. The van der Waals surface area contributed by atoms with Gasteiger partial charge in [-0.25, -0.2) is 9.97 Å². The van der Waals surface area contributed by atoms with E-state index in [9.17, 15) is 4.79 Å². The molecule has 0 spiro atoms. The molecule has 0 unspecified atom stereocenters. The number of fused-ring (bicyclic) bond motifs is 1. The number of nitrogens with zero attached hydrogens (tertiary/aromatic N) is 6. The van der Waals surface area contributed by atoms with Crippen molar-refractivity contribution >= 4 is 11.0 Å². The third kappa shape index (κ3) is 2.18. The van der Waals surface area contributed by atoms with E-state index >= 15 is 0 Å². The predicted octanol–water partition coefficient (Wildman–Crippen LogP) is 0.841. The Hall–Kier alpha value is -2.57. The number of aryl methyl sites for hydroxylation is 1. The summed E-state index contributed by atoms with van der Waals surface area (Å²) in [5, 5.41) is 8.47. The largest absolute Gasteiger partial charge is 0.316 e. The first-order valence-electron chi connectivity index (χ1n) is 6.46. The molecule has 0 N–H and O–H groups in total. The molecule has 7 nitrogen and oxygen atoms in total. The fourth-order valence-corrected chi connectivity index (χ4v) is 2.09. The molecule has 3 aromatic rings. The van der Waals surface area contributed by atoms with Gasteiger partial charge in [-0.2, -0.15) is 0 Å². The molecule has 0 radical (unpaired) electrons. The molecule has 102 valence electrons. The van der Waals surface area contributed by atoms with Gasteiger partial charge in [-0.05, 0) is 18.6 Å². The topological polar surface area (TPSA) is 78.5 Å². The minimum absolute atomic E-state index is 0.117. The highest BCUT2D eigenvalue weighted by atomic mass is 16.1. The van der Waals surface area contributed by atoms with E-state index in [-0.39, 0.29) is 5.56 Å². The van der Waals surface area contributed by atoms with Crippen LogP contribution in [0.4, 0.5) is 0 Å². The van der Waals surface area contributed by atoms with Gasteiger partial charge in [-0.3, -0.25) is 9.36 Å². The second-order valence-corrected chi connectivity index (χ2v) is 4.49. The van der Waals surface area contributed by atoms with Gasteiger partial charge in [-0.15, -0.1) is 10.2 Å². The Morgan fingerprint density at radius 1 is 1.20 bits per heavy atom. The first-order chi connectivity index (χ1) is 9.79. The summed E-state index contributed by atoms with van der Waals surface area (Å²) < 4.78 is 3.47. The van der Waals surface area contributed by atoms with E-state index in [2.05, 4.69) is 27.1 Å². The van der Waals surface area contributed by atoms with Crippen molar-refractivity contribution in [3.05, 3.63) is 47.2 Å². The Morgan fingerprint density at radius 3 is 2.95 bits per heavy atom. The number of aromatic nitrogens is 6. The molecule has 3 heterocycles. The van der Waals surface area contributed by atoms with Gasteiger partial charge in [0.1, 0.15) is 12.7 Å². The Balaban J connectivity index is 2.01. The lowest BCUT2D eigenvalue weighted by atomic mass is 10.3. The standard InChI is InChI=1S/C13H14N6O/c1-2-6-18-9-16-17-11(18)7-19-8-15-12-10(13(19)20)4-3-5-14-12/h3-5,8-9H,2,6-7H2,1H3. The maximum absolute atomic E-state index is 12.3. The van der Waals surface area contributed by atoms with Gasteiger partial charge in [-0.1, -0.05) is 6.92 Å². The van der Waals surface area contributed by atoms with Crippen LogP contribution >= 0.6 is 0 Å². The smallest absolute Gasteiger partial charge is 0.263 e. The first kappa shape index (κ1) is 12.5. The molecule has 3 rings (SSSR count). The molecule has 0 aromatic carbocycles. The zero-order chi connectivity index (χ0) is 13.9. The molecule has 0 bridgehead atoms. The molecule has 0 aliphatic heterocycles. The zero-order valence-corrected chi connectivity index (χ0v) is 11.1. The number of hydrogen-bond donors (Lipinski definition) is 0. The number of pyridine rings is 1. The second kappa shape index (κ2) is 5.20. The second-order valence-electron chi connectivity index (χ2n) is 4.49. The van der Waals surface area contributed by atoms with Gasteiger partial charge >= 0.3 is 0 Å². The van der Waals surface area contributed by atoms with Crippen LogP contribution in [0.3, 0.4) is 0 Å². The molecule has 7 heteroatoms. The summed E-state index contributed by atoms with van der Waals surface area (Å²) in [6.45, 7) is 3.27. The van der Waals surface area contributed by atoms with E-state index < -0.39 is 0 Å². The molecular weight excluding hydrogens is 256 g/mol. The quantitative estimate of drug-likeness (QED) is 0.702. The minimum atomic E-state index is -0.117. The van der Waals surface area contributed by atoms with Gasteiger partial charge in [0.15, 0.2) is 11.5 Å². The normalized spacial score (nSPS) is 11.1. The van der Waals surface area contributed by atoms with Crippen molar-refractivity contribution in [3.63, 3.8) is 0 Å². The van der Waals surface area contributed by atoms with Crippen LogP contribution in [0.5, 0.6) is 0 Å². The van der Waals surface area contributed by atoms with Gasteiger partial charge in [0, 0.05) is 12.7 Å². The van der Waals surface area contributed by atoms with Crippen molar-refractivity contribution in [2.45, 2.75) is 26.4 Å². The molecule has 0 atom stereocenters. The van der Waals surface area contributed by atoms with Crippen LogP contribution in [0.15, 0.2) is 35.8 Å². The van der Waals surface area contributed by atoms with Gasteiger partial charge in [0.05, 0.1) is 11.9 Å². The zero-order valence-electron chi connectivity index (χ0n) is 11.1. The first-order valence-corrected chi connectivity index (χ1v) is 6.46. The highest BCUT2D eigenvalue weighted by Gasteiger charge is 2.08. The molecule has 0 saturated carbocycles. The lowest BCUT2D eigenvalue weighted by Gasteiger charge is -2.07. The minimum Gasteiger partial charge on any atom is -0.316 e.